The van der Waals surface area contributed by atoms with Crippen LogP contribution in [0.3, 0.4) is 0 Å². The fraction of sp³-hybridized carbons (Fsp3) is 0.364. The van der Waals surface area contributed by atoms with Crippen molar-refractivity contribution in [2.75, 3.05) is 0 Å². The van der Waals surface area contributed by atoms with Crippen LogP contribution in [0.2, 0.25) is 0 Å². The summed E-state index contributed by atoms with van der Waals surface area (Å²) in [5.74, 6) is 0. The van der Waals surface area contributed by atoms with Crippen LogP contribution < -0.4 is 0 Å². The molecule has 6 nitrogen and oxygen atoms in total. The second-order valence-corrected chi connectivity index (χ2v) is 8.86. The topological polar surface area (TPSA) is 86.3 Å². The highest BCUT2D eigenvalue weighted by atomic mass is 16.6. The third kappa shape index (κ3) is 4.63. The molecular weight excluding hydrogens is 356 g/mol. The predicted molar refractivity (Wildman–Crippen MR) is 112 cm³/mol. The first-order chi connectivity index (χ1) is 12.8. The number of rotatable bonds is 4. The summed E-state index contributed by atoms with van der Waals surface area (Å²) < 4.78 is 0. The van der Waals surface area contributed by atoms with Crippen LogP contribution in [0.25, 0.3) is 11.1 Å². The maximum Gasteiger partial charge on any atom is 0.269 e. The summed E-state index contributed by atoms with van der Waals surface area (Å²) in [5, 5.41) is 22.0. The molecular formula is C22H26N2O4. The molecule has 148 valence electrons. The van der Waals surface area contributed by atoms with E-state index in [0.29, 0.717) is 0 Å². The Bertz CT molecular complexity index is 835. The Hall–Kier alpha value is -3.02. The van der Waals surface area contributed by atoms with Crippen molar-refractivity contribution in [2.24, 2.45) is 10.8 Å². The SMILES string of the molecule is CC(C)(C)/C(=C(\c1ccc([N+](=O)[O-])cc1)C(C)(C)C)c1ccc([N+](=O)[O-])cc1. The highest BCUT2D eigenvalue weighted by Crippen LogP contribution is 2.47. The molecule has 0 N–H and O–H groups in total. The third-order valence-electron chi connectivity index (χ3n) is 4.48. The second kappa shape index (κ2) is 7.54. The maximum absolute atomic E-state index is 11.0. The van der Waals surface area contributed by atoms with Gasteiger partial charge in [0.25, 0.3) is 11.4 Å². The fourth-order valence-electron chi connectivity index (χ4n) is 3.40. The molecule has 0 aliphatic rings. The summed E-state index contributed by atoms with van der Waals surface area (Å²) in [7, 11) is 0. The molecule has 0 unspecified atom stereocenters. The number of hydrogen-bond acceptors (Lipinski definition) is 4. The van der Waals surface area contributed by atoms with E-state index in [1.807, 2.05) is 0 Å². The van der Waals surface area contributed by atoms with Gasteiger partial charge in [-0.2, -0.15) is 0 Å². The van der Waals surface area contributed by atoms with Gasteiger partial charge in [0.1, 0.15) is 0 Å². The number of nitro benzene ring substituents is 2. The molecule has 0 heterocycles. The van der Waals surface area contributed by atoms with E-state index in [-0.39, 0.29) is 22.2 Å². The van der Waals surface area contributed by atoms with Crippen molar-refractivity contribution in [2.45, 2.75) is 41.5 Å². The van der Waals surface area contributed by atoms with E-state index in [0.717, 1.165) is 22.3 Å². The summed E-state index contributed by atoms with van der Waals surface area (Å²) in [5.41, 5.74) is 3.52. The van der Waals surface area contributed by atoms with Gasteiger partial charge < -0.3 is 0 Å². The summed E-state index contributed by atoms with van der Waals surface area (Å²) in [6, 6.07) is 13.1. The molecule has 0 spiro atoms. The number of allylic oxidation sites excluding steroid dienone is 2. The number of non-ortho nitro benzene ring substituents is 2. The zero-order chi connectivity index (χ0) is 21.3. The molecule has 2 aromatic carbocycles. The van der Waals surface area contributed by atoms with Crippen molar-refractivity contribution in [3.05, 3.63) is 79.9 Å². The minimum Gasteiger partial charge on any atom is -0.258 e. The lowest BCUT2D eigenvalue weighted by Crippen LogP contribution is -2.18. The van der Waals surface area contributed by atoms with Gasteiger partial charge in [-0.3, -0.25) is 20.2 Å². The maximum atomic E-state index is 11.0. The van der Waals surface area contributed by atoms with E-state index >= 15 is 0 Å². The number of benzene rings is 2. The molecule has 0 aliphatic carbocycles. The Kier molecular flexibility index (Phi) is 5.73. The number of nitrogens with zero attached hydrogens (tertiary/aromatic N) is 2. The molecule has 0 bridgehead atoms. The minimum atomic E-state index is -0.411. The summed E-state index contributed by atoms with van der Waals surface area (Å²) in [6.07, 6.45) is 0. The largest absolute Gasteiger partial charge is 0.269 e. The van der Waals surface area contributed by atoms with Crippen molar-refractivity contribution in [3.8, 4) is 0 Å². The van der Waals surface area contributed by atoms with Gasteiger partial charge in [0.2, 0.25) is 0 Å². The van der Waals surface area contributed by atoms with Crippen LogP contribution in [0.15, 0.2) is 48.5 Å². The van der Waals surface area contributed by atoms with Crippen LogP contribution >= 0.6 is 0 Å². The average Bonchev–Trinajstić information content (AvgIpc) is 2.57. The number of hydrogen-bond donors (Lipinski definition) is 0. The molecule has 0 saturated carbocycles. The van der Waals surface area contributed by atoms with E-state index < -0.39 is 9.85 Å². The van der Waals surface area contributed by atoms with Crippen molar-refractivity contribution in [3.63, 3.8) is 0 Å². The Morgan fingerprint density at radius 1 is 0.607 bits per heavy atom. The Labute approximate surface area is 165 Å². The molecule has 28 heavy (non-hydrogen) atoms. The van der Waals surface area contributed by atoms with Crippen molar-refractivity contribution >= 4 is 22.5 Å². The van der Waals surface area contributed by atoms with E-state index in [4.69, 9.17) is 0 Å². The highest BCUT2D eigenvalue weighted by Gasteiger charge is 2.30. The third-order valence-corrected chi connectivity index (χ3v) is 4.48. The molecule has 0 amide bonds. The Morgan fingerprint density at radius 2 is 0.857 bits per heavy atom. The zero-order valence-corrected chi connectivity index (χ0v) is 17.1. The van der Waals surface area contributed by atoms with Gasteiger partial charge in [-0.05, 0) is 57.4 Å². The first kappa shape index (κ1) is 21.3. The molecule has 6 heteroatoms. The van der Waals surface area contributed by atoms with Crippen LogP contribution in [-0.2, 0) is 0 Å². The van der Waals surface area contributed by atoms with E-state index in [1.54, 1.807) is 24.3 Å². The smallest absolute Gasteiger partial charge is 0.258 e. The highest BCUT2D eigenvalue weighted by molar-refractivity contribution is 5.95. The molecule has 0 fully saturated rings. The van der Waals surface area contributed by atoms with E-state index in [9.17, 15) is 20.2 Å². The van der Waals surface area contributed by atoms with E-state index in [2.05, 4.69) is 41.5 Å². The van der Waals surface area contributed by atoms with Gasteiger partial charge in [0.05, 0.1) is 9.85 Å². The Balaban J connectivity index is 2.80. The first-order valence-corrected chi connectivity index (χ1v) is 9.07. The van der Waals surface area contributed by atoms with Gasteiger partial charge in [-0.15, -0.1) is 0 Å². The predicted octanol–water partition coefficient (Wildman–Crippen LogP) is 6.51. The second-order valence-electron chi connectivity index (χ2n) is 8.86. The molecule has 0 atom stereocenters. The van der Waals surface area contributed by atoms with Crippen molar-refractivity contribution < 1.29 is 9.85 Å². The van der Waals surface area contributed by atoms with Gasteiger partial charge in [0.15, 0.2) is 0 Å². The van der Waals surface area contributed by atoms with Crippen LogP contribution in [0.5, 0.6) is 0 Å². The number of nitro groups is 2. The fourth-order valence-corrected chi connectivity index (χ4v) is 3.40. The summed E-state index contributed by atoms with van der Waals surface area (Å²) in [6.45, 7) is 12.6. The Morgan fingerprint density at radius 3 is 1.04 bits per heavy atom. The van der Waals surface area contributed by atoms with Gasteiger partial charge >= 0.3 is 0 Å². The average molecular weight is 382 g/mol. The zero-order valence-electron chi connectivity index (χ0n) is 17.1. The van der Waals surface area contributed by atoms with Crippen molar-refractivity contribution in [1.82, 2.24) is 0 Å². The minimum absolute atomic E-state index is 0.0460. The molecule has 0 aliphatic heterocycles. The lowest BCUT2D eigenvalue weighted by Gasteiger charge is -2.34. The lowest BCUT2D eigenvalue weighted by atomic mass is 9.70. The normalized spacial score (nSPS) is 13.1. The van der Waals surface area contributed by atoms with Crippen LogP contribution in [0.1, 0.15) is 52.7 Å². The molecule has 0 aromatic heterocycles. The van der Waals surface area contributed by atoms with Crippen LogP contribution in [-0.4, -0.2) is 9.85 Å². The molecule has 0 radical (unpaired) electrons. The lowest BCUT2D eigenvalue weighted by molar-refractivity contribution is -0.385. The van der Waals surface area contributed by atoms with E-state index in [1.165, 1.54) is 24.3 Å². The molecule has 2 aromatic rings. The molecule has 0 saturated heterocycles. The standard InChI is InChI=1S/C22H26N2O4/c1-21(2,3)19(15-7-11-17(12-8-15)23(25)26)20(22(4,5)6)16-9-13-18(14-10-16)24(27)28/h7-14H,1-6H3/b20-19+. The van der Waals surface area contributed by atoms with Crippen LogP contribution in [0.4, 0.5) is 11.4 Å². The van der Waals surface area contributed by atoms with Gasteiger partial charge in [-0.1, -0.05) is 41.5 Å². The van der Waals surface area contributed by atoms with Crippen LogP contribution in [0, 0.1) is 31.1 Å². The quantitative estimate of drug-likeness (QED) is 0.343. The first-order valence-electron chi connectivity index (χ1n) is 9.07. The van der Waals surface area contributed by atoms with Crippen molar-refractivity contribution in [1.29, 1.82) is 0 Å². The summed E-state index contributed by atoms with van der Waals surface area (Å²) in [4.78, 5) is 21.2. The monoisotopic (exact) mass is 382 g/mol. The van der Waals surface area contributed by atoms with Gasteiger partial charge in [-0.25, -0.2) is 0 Å². The summed E-state index contributed by atoms with van der Waals surface area (Å²) >= 11 is 0. The molecule has 2 rings (SSSR count). The van der Waals surface area contributed by atoms with Gasteiger partial charge in [0, 0.05) is 24.3 Å².